The molecule has 9 nitrogen and oxygen atoms in total. The van der Waals surface area contributed by atoms with Crippen LogP contribution in [0.3, 0.4) is 0 Å². The van der Waals surface area contributed by atoms with Crippen molar-refractivity contribution < 1.29 is 24.2 Å². The van der Waals surface area contributed by atoms with E-state index < -0.39 is 12.2 Å². The van der Waals surface area contributed by atoms with Crippen LogP contribution >= 0.6 is 11.8 Å². The first-order valence-electron chi connectivity index (χ1n) is 24.8. The number of allylic oxidation sites excluding steroid dienone is 3. The molecule has 0 aromatic carbocycles. The molecule has 0 amide bonds. The predicted molar refractivity (Wildman–Crippen MR) is 269 cm³/mol. The van der Waals surface area contributed by atoms with Crippen molar-refractivity contribution in [3.63, 3.8) is 0 Å². The van der Waals surface area contributed by atoms with Gasteiger partial charge in [0, 0.05) is 70.2 Å². The molecule has 354 valence electrons. The van der Waals surface area contributed by atoms with E-state index in [0.29, 0.717) is 12.0 Å². The van der Waals surface area contributed by atoms with Crippen LogP contribution in [0, 0.1) is 49.4 Å². The van der Waals surface area contributed by atoms with Gasteiger partial charge in [0.05, 0.1) is 22.1 Å². The molecular formula is C55H78N4O5S. The zero-order chi connectivity index (χ0) is 46.7. The maximum absolute atomic E-state index is 14.5. The number of carbonyl (C=O) groups is 2. The average molecular weight is 907 g/mol. The van der Waals surface area contributed by atoms with Gasteiger partial charge in [-0.2, -0.15) is 0 Å². The quantitative estimate of drug-likeness (QED) is 0.0363. The summed E-state index contributed by atoms with van der Waals surface area (Å²) < 4.78 is 11.3. The van der Waals surface area contributed by atoms with Gasteiger partial charge in [0.1, 0.15) is 6.61 Å². The summed E-state index contributed by atoms with van der Waals surface area (Å²) in [5, 5.41) is 20.7. The number of methoxy groups -OCH3 is 1. The van der Waals surface area contributed by atoms with E-state index in [4.69, 9.17) is 9.47 Å². The summed E-state index contributed by atoms with van der Waals surface area (Å²) in [5.74, 6) is 1.96. The number of Topliss-reactive ketones (excluding diaryl/α,β-unsaturated/α-hetero) is 1. The lowest BCUT2D eigenvalue weighted by molar-refractivity contribution is -0.142. The fourth-order valence-corrected chi connectivity index (χ4v) is 12.4. The minimum Gasteiger partial charge on any atom is -0.461 e. The number of aliphatic hydroxyl groups is 1. The Labute approximate surface area is 393 Å². The maximum atomic E-state index is 14.5. The number of aliphatic hydroxyl groups excluding tert-OH is 1. The molecule has 4 aliphatic heterocycles. The number of H-pyrrole nitrogens is 2. The predicted octanol–water partition coefficient (Wildman–Crippen LogP) is 10.4. The van der Waals surface area contributed by atoms with Crippen molar-refractivity contribution in [2.24, 2.45) is 35.5 Å². The molecule has 0 saturated carbocycles. The first kappa shape index (κ1) is 48.9. The van der Waals surface area contributed by atoms with E-state index in [0.717, 1.165) is 104 Å². The topological polar surface area (TPSA) is 128 Å². The summed E-state index contributed by atoms with van der Waals surface area (Å²) in [6.07, 6.45) is 22.3. The maximum Gasteiger partial charge on any atom is 0.306 e. The van der Waals surface area contributed by atoms with Crippen LogP contribution in [0.1, 0.15) is 164 Å². The van der Waals surface area contributed by atoms with Gasteiger partial charge in [-0.05, 0) is 117 Å². The molecule has 2 aromatic rings. The smallest absolute Gasteiger partial charge is 0.306 e. The number of ketones is 1. The highest BCUT2D eigenvalue weighted by Gasteiger charge is 2.55. The largest absolute Gasteiger partial charge is 0.461 e. The van der Waals surface area contributed by atoms with Gasteiger partial charge in [-0.15, -0.1) is 11.8 Å². The standard InChI is InChI=1S/C55H78N4O5S/c1-12-38-35(8)41-27-42-36(9)39(23-24-47(60)64-26-25-34(7)22-16-21-33(6)20-15-19-32(5)18-14-17-31(3)4)51(58-42)49-50(54(62)63-11)53(61)48-37(10)43(59-52(48)49)28-45-40(13-2)55(30-65-55)46(57-45)29-44(38)56-41/h12,25,27-29,31-33,36,39,50-51,54,56-59,62H,1,13-24,26,30H2,2-11H3/b34-25+,42-27-,43-28-,46-29-/t32-,33-,36+,39+,50-,51?,54?,55-/m1/s1. The lowest BCUT2D eigenvalue weighted by atomic mass is 9.80. The molecule has 0 radical (unpaired) electrons. The van der Waals surface area contributed by atoms with E-state index in [2.05, 4.69) is 107 Å². The zero-order valence-electron chi connectivity index (χ0n) is 41.1. The van der Waals surface area contributed by atoms with Crippen molar-refractivity contribution in [2.75, 3.05) is 19.5 Å². The van der Waals surface area contributed by atoms with E-state index in [1.165, 1.54) is 63.2 Å². The number of carbonyl (C=O) groups excluding carboxylic acids is 2. The van der Waals surface area contributed by atoms with Crippen molar-refractivity contribution in [1.82, 2.24) is 20.6 Å². The second-order valence-electron chi connectivity index (χ2n) is 20.5. The Morgan fingerprint density at radius 3 is 2.32 bits per heavy atom. The van der Waals surface area contributed by atoms with Crippen LogP contribution in [0.2, 0.25) is 0 Å². The minimum absolute atomic E-state index is 0.0158. The van der Waals surface area contributed by atoms with Crippen molar-refractivity contribution in [1.29, 1.82) is 0 Å². The Morgan fingerprint density at radius 2 is 1.68 bits per heavy atom. The van der Waals surface area contributed by atoms with Crippen LogP contribution < -0.4 is 21.3 Å². The summed E-state index contributed by atoms with van der Waals surface area (Å²) in [6.45, 7) is 24.6. The molecule has 2 unspecified atom stereocenters. The molecule has 2 aromatic heterocycles. The van der Waals surface area contributed by atoms with E-state index in [-0.39, 0.29) is 47.4 Å². The van der Waals surface area contributed by atoms with Gasteiger partial charge in [0.25, 0.3) is 0 Å². The highest BCUT2D eigenvalue weighted by Crippen LogP contribution is 2.60. The fourth-order valence-electron chi connectivity index (χ4n) is 11.3. The molecule has 8 bridgehead atoms. The van der Waals surface area contributed by atoms with Gasteiger partial charge in [-0.25, -0.2) is 0 Å². The van der Waals surface area contributed by atoms with Crippen LogP contribution in [0.5, 0.6) is 0 Å². The number of ether oxygens (including phenoxy) is 2. The summed E-state index contributed by atoms with van der Waals surface area (Å²) >= 11 is 1.95. The second kappa shape index (κ2) is 20.9. The molecule has 10 heteroatoms. The zero-order valence-corrected chi connectivity index (χ0v) is 41.9. The third-order valence-corrected chi connectivity index (χ3v) is 16.8. The molecule has 5 N–H and O–H groups in total. The third kappa shape index (κ3) is 10.3. The summed E-state index contributed by atoms with van der Waals surface area (Å²) in [7, 11) is 1.44. The Hall–Kier alpha value is -3.99. The molecule has 7 rings (SSSR count). The highest BCUT2D eigenvalue weighted by molar-refractivity contribution is 8.08. The Kier molecular flexibility index (Phi) is 15.7. The van der Waals surface area contributed by atoms with Gasteiger partial charge in [-0.1, -0.05) is 105 Å². The molecule has 8 atom stereocenters. The molecule has 1 spiro atoms. The molecule has 2 fully saturated rings. The monoisotopic (exact) mass is 907 g/mol. The minimum atomic E-state index is -1.34. The second-order valence-corrected chi connectivity index (χ2v) is 21.8. The highest BCUT2D eigenvalue weighted by atomic mass is 32.2. The molecule has 5 aliphatic rings. The molecule has 1 aliphatic carbocycles. The SMILES string of the molecule is C=Cc1c2[nH]c(c1C)/C=C1\NC(C3=c4[nH]/c(c(C)c4C(=O)[C@@H]3C(O)OC)=C\C3=C(CC)[C@]4(CS4)/C(=C/2)N3)[C@@H](CCC(=O)OC/C=C(\C)CCC[C@H](C)CCC[C@H](C)CCCC(C)C)[C@@H]1C. The van der Waals surface area contributed by atoms with E-state index in [1.54, 1.807) is 0 Å². The van der Waals surface area contributed by atoms with Crippen molar-refractivity contribution in [3.05, 3.63) is 85.2 Å². The first-order valence-corrected chi connectivity index (χ1v) is 25.8. The van der Waals surface area contributed by atoms with Gasteiger partial charge in [0.2, 0.25) is 0 Å². The average Bonchev–Trinajstić information content (AvgIpc) is 3.50. The van der Waals surface area contributed by atoms with Gasteiger partial charge < -0.3 is 35.2 Å². The number of aromatic amines is 2. The van der Waals surface area contributed by atoms with Crippen molar-refractivity contribution >= 4 is 53.4 Å². The first-order chi connectivity index (χ1) is 31.1. The van der Waals surface area contributed by atoms with Crippen molar-refractivity contribution in [2.45, 2.75) is 156 Å². The van der Waals surface area contributed by atoms with E-state index >= 15 is 0 Å². The van der Waals surface area contributed by atoms with Crippen molar-refractivity contribution in [3.8, 4) is 0 Å². The Bertz CT molecular complexity index is 2370. The normalized spacial score (nSPS) is 26.9. The van der Waals surface area contributed by atoms with E-state index in [9.17, 15) is 14.7 Å². The van der Waals surface area contributed by atoms with Crippen LogP contribution in [-0.2, 0) is 14.3 Å². The Balaban J connectivity index is 1.09. The van der Waals surface area contributed by atoms with Crippen LogP contribution in [0.15, 0.2) is 40.9 Å². The Morgan fingerprint density at radius 1 is 0.985 bits per heavy atom. The number of hydrogen-bond donors (Lipinski definition) is 5. The molecule has 6 heterocycles. The lowest BCUT2D eigenvalue weighted by Gasteiger charge is -2.28. The number of nitrogens with one attached hydrogen (secondary N) is 4. The number of fused-ring (bicyclic) bond motifs is 9. The summed E-state index contributed by atoms with van der Waals surface area (Å²) in [5.41, 5.74) is 12.2. The van der Waals surface area contributed by atoms with E-state index in [1.807, 2.05) is 24.8 Å². The van der Waals surface area contributed by atoms with Crippen LogP contribution in [-0.4, -0.2) is 63.4 Å². The number of rotatable bonds is 21. The number of esters is 1. The molecule has 65 heavy (non-hydrogen) atoms. The number of hydrogen-bond acceptors (Lipinski definition) is 8. The third-order valence-electron chi connectivity index (χ3n) is 15.4. The van der Waals surface area contributed by atoms with Gasteiger partial charge in [0.15, 0.2) is 12.1 Å². The van der Waals surface area contributed by atoms with Crippen LogP contribution in [0.4, 0.5) is 0 Å². The summed E-state index contributed by atoms with van der Waals surface area (Å²) in [4.78, 5) is 35.5. The van der Waals surface area contributed by atoms with Gasteiger partial charge >= 0.3 is 5.97 Å². The van der Waals surface area contributed by atoms with Crippen LogP contribution in [0.25, 0.3) is 29.9 Å². The van der Waals surface area contributed by atoms with Gasteiger partial charge in [-0.3, -0.25) is 9.59 Å². The number of aromatic nitrogens is 2. The molecular weight excluding hydrogens is 829 g/mol. The fraction of sp³-hybridized carbons (Fsp3) is 0.600. The lowest BCUT2D eigenvalue weighted by Crippen LogP contribution is -2.39. The molecule has 2 saturated heterocycles. The summed E-state index contributed by atoms with van der Waals surface area (Å²) in [6, 6.07) is -0.369. The number of thioether (sulfide) groups is 1.